The second kappa shape index (κ2) is 5.70. The minimum absolute atomic E-state index is 0.0243. The van der Waals surface area contributed by atoms with Crippen LogP contribution in [-0.2, 0) is 24.4 Å². The molecule has 0 aliphatic heterocycles. The highest BCUT2D eigenvalue weighted by Crippen LogP contribution is 2.56. The zero-order chi connectivity index (χ0) is 10.5. The summed E-state index contributed by atoms with van der Waals surface area (Å²) in [5, 5.41) is 0. The van der Waals surface area contributed by atoms with Gasteiger partial charge >= 0.3 is 7.60 Å². The molecule has 78 valence electrons. The van der Waals surface area contributed by atoms with Gasteiger partial charge in [0, 0.05) is 6.26 Å². The lowest BCUT2D eigenvalue weighted by Gasteiger charge is -2.16. The van der Waals surface area contributed by atoms with Crippen LogP contribution in [0.2, 0.25) is 0 Å². The van der Waals surface area contributed by atoms with Crippen molar-refractivity contribution in [2.45, 2.75) is 13.8 Å². The lowest BCUT2D eigenvalue weighted by atomic mass is 10.9. The van der Waals surface area contributed by atoms with Crippen LogP contribution in [0.15, 0.2) is 11.2 Å². The maximum atomic E-state index is 11.8. The third-order valence-electron chi connectivity index (χ3n) is 1.24. The molecule has 1 unspecified atom stereocenters. The van der Waals surface area contributed by atoms with E-state index < -0.39 is 18.4 Å². The molecular formula is C7H15O4PS. The molecule has 0 aliphatic carbocycles. The van der Waals surface area contributed by atoms with Gasteiger partial charge in [0.1, 0.15) is 4.65 Å². The Balaban J connectivity index is 4.68. The van der Waals surface area contributed by atoms with Gasteiger partial charge in [0.25, 0.3) is 0 Å². The summed E-state index contributed by atoms with van der Waals surface area (Å²) in [7, 11) is -4.75. The second-order valence-electron chi connectivity index (χ2n) is 2.18. The summed E-state index contributed by atoms with van der Waals surface area (Å²) in [4.78, 5) is 0. The van der Waals surface area contributed by atoms with Gasteiger partial charge in [0.15, 0.2) is 0 Å². The van der Waals surface area contributed by atoms with Crippen LogP contribution in [0.25, 0.3) is 0 Å². The highest BCUT2D eigenvalue weighted by molar-refractivity contribution is 7.97. The molecule has 0 saturated carbocycles. The molecule has 0 aliphatic rings. The summed E-state index contributed by atoms with van der Waals surface area (Å²) < 4.78 is 32.7. The molecule has 0 saturated heterocycles. The summed E-state index contributed by atoms with van der Waals surface area (Å²) in [6.45, 7) is 7.32. The first-order chi connectivity index (χ1) is 5.98. The third-order valence-corrected chi connectivity index (χ3v) is 5.15. The van der Waals surface area contributed by atoms with E-state index in [2.05, 4.69) is 6.58 Å². The fraction of sp³-hybridized carbons (Fsp3) is 0.714. The Labute approximate surface area is 81.3 Å². The van der Waals surface area contributed by atoms with Crippen LogP contribution in [-0.4, -0.2) is 23.7 Å². The van der Waals surface area contributed by atoms with E-state index in [4.69, 9.17) is 9.05 Å². The Bertz CT molecular complexity index is 241. The van der Waals surface area contributed by atoms with E-state index >= 15 is 0 Å². The number of rotatable bonds is 6. The van der Waals surface area contributed by atoms with E-state index in [0.29, 0.717) is 0 Å². The molecule has 0 N–H and O–H groups in total. The van der Waals surface area contributed by atoms with Crippen molar-refractivity contribution in [3.05, 3.63) is 11.2 Å². The maximum Gasteiger partial charge on any atom is 0.369 e. The first-order valence-electron chi connectivity index (χ1n) is 3.90. The predicted octanol–water partition coefficient (Wildman–Crippen LogP) is 2.10. The van der Waals surface area contributed by atoms with Gasteiger partial charge in [-0.15, -0.1) is 0 Å². The van der Waals surface area contributed by atoms with Crippen LogP contribution in [0.4, 0.5) is 0 Å². The van der Waals surface area contributed by atoms with Crippen molar-refractivity contribution in [2.75, 3.05) is 19.5 Å². The Morgan fingerprint density at radius 3 is 2.00 bits per heavy atom. The van der Waals surface area contributed by atoms with E-state index in [9.17, 15) is 8.77 Å². The Morgan fingerprint density at radius 1 is 1.38 bits per heavy atom. The van der Waals surface area contributed by atoms with Crippen LogP contribution in [0.3, 0.4) is 0 Å². The van der Waals surface area contributed by atoms with Crippen LogP contribution in [0, 0.1) is 0 Å². The van der Waals surface area contributed by atoms with Crippen LogP contribution >= 0.6 is 7.60 Å². The highest BCUT2D eigenvalue weighted by Gasteiger charge is 2.30. The molecule has 0 aromatic carbocycles. The van der Waals surface area contributed by atoms with Gasteiger partial charge < -0.3 is 9.05 Å². The minimum atomic E-state index is -3.36. The molecular weight excluding hydrogens is 211 g/mol. The van der Waals surface area contributed by atoms with Gasteiger partial charge in [-0.3, -0.25) is 8.77 Å². The molecule has 0 amide bonds. The van der Waals surface area contributed by atoms with Crippen molar-refractivity contribution < 1.29 is 17.8 Å². The first-order valence-corrected chi connectivity index (χ1v) is 7.00. The van der Waals surface area contributed by atoms with Crippen molar-refractivity contribution in [3.63, 3.8) is 0 Å². The first kappa shape index (κ1) is 13.0. The van der Waals surface area contributed by atoms with Gasteiger partial charge in [0.2, 0.25) is 0 Å². The summed E-state index contributed by atoms with van der Waals surface area (Å²) in [5.41, 5.74) is 0. The van der Waals surface area contributed by atoms with Gasteiger partial charge in [-0.1, -0.05) is 6.58 Å². The molecule has 0 radical (unpaired) electrons. The molecule has 0 bridgehead atoms. The summed E-state index contributed by atoms with van der Waals surface area (Å²) in [5.74, 6) is 0. The van der Waals surface area contributed by atoms with E-state index in [1.165, 1.54) is 6.26 Å². The molecule has 0 fully saturated rings. The molecule has 0 heterocycles. The smallest absolute Gasteiger partial charge is 0.305 e. The van der Waals surface area contributed by atoms with Crippen LogP contribution in [0.5, 0.6) is 0 Å². The largest absolute Gasteiger partial charge is 0.369 e. The molecule has 0 aromatic heterocycles. The summed E-state index contributed by atoms with van der Waals surface area (Å²) in [6.07, 6.45) is 1.40. The second-order valence-corrected chi connectivity index (χ2v) is 5.94. The lowest BCUT2D eigenvalue weighted by Crippen LogP contribution is -2.01. The van der Waals surface area contributed by atoms with E-state index in [-0.39, 0.29) is 17.9 Å². The fourth-order valence-electron chi connectivity index (χ4n) is 0.679. The maximum absolute atomic E-state index is 11.8. The monoisotopic (exact) mass is 226 g/mol. The van der Waals surface area contributed by atoms with Gasteiger partial charge in [-0.05, 0) is 13.8 Å². The summed E-state index contributed by atoms with van der Waals surface area (Å²) in [6, 6.07) is 0. The van der Waals surface area contributed by atoms with Crippen molar-refractivity contribution in [3.8, 4) is 0 Å². The van der Waals surface area contributed by atoms with E-state index in [1.807, 2.05) is 0 Å². The average Bonchev–Trinajstić information content (AvgIpc) is 2.03. The van der Waals surface area contributed by atoms with Crippen LogP contribution < -0.4 is 0 Å². The van der Waals surface area contributed by atoms with E-state index in [1.54, 1.807) is 13.8 Å². The molecule has 4 nitrogen and oxygen atoms in total. The molecule has 13 heavy (non-hydrogen) atoms. The van der Waals surface area contributed by atoms with Crippen molar-refractivity contribution in [1.29, 1.82) is 0 Å². The quantitative estimate of drug-likeness (QED) is 0.651. The Kier molecular flexibility index (Phi) is 5.72. The average molecular weight is 226 g/mol. The fourth-order valence-corrected chi connectivity index (χ4v) is 3.30. The minimum Gasteiger partial charge on any atom is -0.305 e. The van der Waals surface area contributed by atoms with Crippen molar-refractivity contribution in [2.24, 2.45) is 0 Å². The van der Waals surface area contributed by atoms with E-state index in [0.717, 1.165) is 0 Å². The van der Waals surface area contributed by atoms with Crippen LogP contribution in [0.1, 0.15) is 13.8 Å². The van der Waals surface area contributed by atoms with Gasteiger partial charge in [-0.25, -0.2) is 0 Å². The molecule has 6 heteroatoms. The molecule has 0 aromatic rings. The Hall–Kier alpha value is 0.0400. The number of hydrogen-bond acceptors (Lipinski definition) is 4. The van der Waals surface area contributed by atoms with Crippen molar-refractivity contribution in [1.82, 2.24) is 0 Å². The summed E-state index contributed by atoms with van der Waals surface area (Å²) >= 11 is 0. The predicted molar refractivity (Wildman–Crippen MR) is 54.1 cm³/mol. The molecule has 0 spiro atoms. The number of hydrogen-bond donors (Lipinski definition) is 0. The third kappa shape index (κ3) is 3.73. The SMILES string of the molecule is C=C(S(C)=O)P(=O)(OCC)OCC. The van der Waals surface area contributed by atoms with Gasteiger partial charge in [0.05, 0.1) is 24.0 Å². The normalized spacial score (nSPS) is 14.1. The molecule has 1 atom stereocenters. The highest BCUT2D eigenvalue weighted by atomic mass is 32.2. The van der Waals surface area contributed by atoms with Crippen molar-refractivity contribution >= 4 is 18.4 Å². The lowest BCUT2D eigenvalue weighted by molar-refractivity contribution is 0.228. The zero-order valence-corrected chi connectivity index (χ0v) is 9.82. The zero-order valence-electron chi connectivity index (χ0n) is 8.11. The van der Waals surface area contributed by atoms with Gasteiger partial charge in [-0.2, -0.15) is 0 Å². The Morgan fingerprint density at radius 2 is 1.77 bits per heavy atom. The topological polar surface area (TPSA) is 52.6 Å². The standard InChI is InChI=1S/C7H15O4PS/c1-5-10-12(8,11-6-2)7(3)13(4)9/h3,5-6H2,1-2,4H3. The molecule has 0 rings (SSSR count).